The van der Waals surface area contributed by atoms with E-state index in [2.05, 4.69) is 15.6 Å². The molecule has 0 bridgehead atoms. The molecule has 3 aromatic rings. The van der Waals surface area contributed by atoms with Crippen LogP contribution in [-0.4, -0.2) is 45.7 Å². The largest absolute Gasteiger partial charge is 0.325 e. The lowest BCUT2D eigenvalue weighted by Gasteiger charge is -2.20. The summed E-state index contributed by atoms with van der Waals surface area (Å²) in [6, 6.07) is 14.6. The van der Waals surface area contributed by atoms with Crippen LogP contribution in [0.2, 0.25) is 0 Å². The molecule has 1 aliphatic heterocycles. The maximum absolute atomic E-state index is 12.8. The van der Waals surface area contributed by atoms with Gasteiger partial charge < -0.3 is 15.5 Å². The number of anilines is 2. The van der Waals surface area contributed by atoms with Gasteiger partial charge in [0, 0.05) is 48.1 Å². The molecule has 7 nitrogen and oxygen atoms in total. The maximum Gasteiger partial charge on any atom is 0.321 e. The van der Waals surface area contributed by atoms with Crippen LogP contribution in [0, 0.1) is 0 Å². The average Bonchev–Trinajstić information content (AvgIpc) is 3.13. The zero-order chi connectivity index (χ0) is 22.3. The Bertz CT molecular complexity index is 1070. The molecule has 2 aromatic carbocycles. The number of rotatable bonds is 5. The van der Waals surface area contributed by atoms with Gasteiger partial charge in [0.05, 0.1) is 0 Å². The van der Waals surface area contributed by atoms with Crippen LogP contribution in [0.15, 0.2) is 66.1 Å². The molecule has 2 N–H and O–H groups in total. The quantitative estimate of drug-likeness (QED) is 0.521. The summed E-state index contributed by atoms with van der Waals surface area (Å²) in [6.45, 7) is 1.60. The molecule has 8 heteroatoms. The molecular weight excluding hydrogens is 422 g/mol. The average molecular weight is 450 g/mol. The highest BCUT2D eigenvalue weighted by Crippen LogP contribution is 2.20. The molecule has 1 aliphatic rings. The Hall–Kier alpha value is -3.26. The summed E-state index contributed by atoms with van der Waals surface area (Å²) in [5, 5.41) is 6.73. The van der Waals surface area contributed by atoms with Gasteiger partial charge in [-0.3, -0.25) is 9.36 Å². The van der Waals surface area contributed by atoms with Crippen molar-refractivity contribution in [2.24, 2.45) is 0 Å². The highest BCUT2D eigenvalue weighted by molar-refractivity contribution is 7.98. The lowest BCUT2D eigenvalue weighted by atomic mass is 10.1. The third-order valence-corrected chi connectivity index (χ3v) is 6.13. The Balaban J connectivity index is 1.39. The Labute approximate surface area is 192 Å². The summed E-state index contributed by atoms with van der Waals surface area (Å²) in [6.07, 6.45) is 10.1. The summed E-state index contributed by atoms with van der Waals surface area (Å²) in [5.74, 6) is -0.195. The number of carbonyl (C=O) groups is 2. The molecule has 0 radical (unpaired) electrons. The van der Waals surface area contributed by atoms with Crippen molar-refractivity contribution in [2.45, 2.75) is 30.8 Å². The zero-order valence-corrected chi connectivity index (χ0v) is 18.9. The van der Waals surface area contributed by atoms with Crippen LogP contribution in [0.1, 0.15) is 36.0 Å². The van der Waals surface area contributed by atoms with Crippen molar-refractivity contribution < 1.29 is 9.59 Å². The van der Waals surface area contributed by atoms with E-state index >= 15 is 0 Å². The predicted octanol–water partition coefficient (Wildman–Crippen LogP) is 5.25. The number of hydrogen-bond acceptors (Lipinski definition) is 4. The summed E-state index contributed by atoms with van der Waals surface area (Å²) in [7, 11) is 0. The minimum atomic E-state index is -0.195. The van der Waals surface area contributed by atoms with E-state index < -0.39 is 0 Å². The van der Waals surface area contributed by atoms with E-state index in [-0.39, 0.29) is 11.9 Å². The van der Waals surface area contributed by atoms with Crippen molar-refractivity contribution in [3.63, 3.8) is 0 Å². The SMILES string of the molecule is CSc1nccn1-c1cccc(C(=O)Nc2ccc(NC(=O)N3CCCCCC3)cc2)c1. The number of benzene rings is 2. The second-order valence-corrected chi connectivity index (χ2v) is 8.47. The first kappa shape index (κ1) is 22.0. The summed E-state index contributed by atoms with van der Waals surface area (Å²) >= 11 is 1.55. The molecular formula is C24H27N5O2S. The standard InChI is InChI=1S/C24H27N5O2S/c1-32-24-25-13-16-29(24)21-8-6-7-18(17-21)22(30)26-19-9-11-20(12-10-19)27-23(31)28-14-4-2-3-5-15-28/h6-13,16-17H,2-5,14-15H2,1H3,(H,26,30)(H,27,31). The molecule has 4 rings (SSSR count). The monoisotopic (exact) mass is 449 g/mol. The number of carbonyl (C=O) groups excluding carboxylic acids is 2. The summed E-state index contributed by atoms with van der Waals surface area (Å²) < 4.78 is 1.95. The van der Waals surface area contributed by atoms with E-state index in [1.807, 2.05) is 40.1 Å². The highest BCUT2D eigenvalue weighted by atomic mass is 32.2. The molecule has 0 spiro atoms. The molecule has 0 atom stereocenters. The van der Waals surface area contributed by atoms with Crippen LogP contribution in [0.25, 0.3) is 5.69 Å². The molecule has 2 heterocycles. The van der Waals surface area contributed by atoms with Gasteiger partial charge in [-0.2, -0.15) is 0 Å². The number of nitrogens with one attached hydrogen (secondary N) is 2. The second kappa shape index (κ2) is 10.4. The summed E-state index contributed by atoms with van der Waals surface area (Å²) in [4.78, 5) is 31.4. The lowest BCUT2D eigenvalue weighted by molar-refractivity contribution is 0.102. The van der Waals surface area contributed by atoms with Crippen LogP contribution < -0.4 is 10.6 Å². The van der Waals surface area contributed by atoms with Gasteiger partial charge in [-0.05, 0) is 61.6 Å². The lowest BCUT2D eigenvalue weighted by Crippen LogP contribution is -2.35. The molecule has 166 valence electrons. The van der Waals surface area contributed by atoms with E-state index in [9.17, 15) is 9.59 Å². The van der Waals surface area contributed by atoms with Crippen LogP contribution in [-0.2, 0) is 0 Å². The molecule has 1 fully saturated rings. The molecule has 3 amide bonds. The van der Waals surface area contributed by atoms with Gasteiger partial charge in [0.15, 0.2) is 5.16 Å². The van der Waals surface area contributed by atoms with Gasteiger partial charge in [-0.15, -0.1) is 0 Å². The molecule has 0 saturated carbocycles. The van der Waals surface area contributed by atoms with E-state index in [4.69, 9.17) is 0 Å². The number of nitrogens with zero attached hydrogens (tertiary/aromatic N) is 3. The Morgan fingerprint density at radius 1 is 0.938 bits per heavy atom. The Morgan fingerprint density at radius 3 is 2.31 bits per heavy atom. The Kier molecular flexibility index (Phi) is 7.11. The minimum Gasteiger partial charge on any atom is -0.325 e. The first-order valence-corrected chi connectivity index (χ1v) is 12.0. The molecule has 0 aliphatic carbocycles. The topological polar surface area (TPSA) is 79.3 Å². The zero-order valence-electron chi connectivity index (χ0n) is 18.1. The van der Waals surface area contributed by atoms with Crippen molar-refractivity contribution in [2.75, 3.05) is 30.0 Å². The Morgan fingerprint density at radius 2 is 1.62 bits per heavy atom. The van der Waals surface area contributed by atoms with E-state index in [1.54, 1.807) is 48.3 Å². The van der Waals surface area contributed by atoms with Crippen molar-refractivity contribution >= 4 is 35.1 Å². The van der Waals surface area contributed by atoms with Crippen molar-refractivity contribution in [1.29, 1.82) is 0 Å². The van der Waals surface area contributed by atoms with Gasteiger partial charge in [0.2, 0.25) is 0 Å². The van der Waals surface area contributed by atoms with Crippen LogP contribution >= 0.6 is 11.8 Å². The van der Waals surface area contributed by atoms with Gasteiger partial charge in [0.1, 0.15) is 0 Å². The second-order valence-electron chi connectivity index (χ2n) is 7.70. The predicted molar refractivity (Wildman–Crippen MR) is 129 cm³/mol. The smallest absolute Gasteiger partial charge is 0.321 e. The van der Waals surface area contributed by atoms with Crippen LogP contribution in [0.3, 0.4) is 0 Å². The van der Waals surface area contributed by atoms with E-state index in [1.165, 1.54) is 12.8 Å². The fraction of sp³-hybridized carbons (Fsp3) is 0.292. The van der Waals surface area contributed by atoms with Crippen molar-refractivity contribution in [3.8, 4) is 5.69 Å². The number of urea groups is 1. The van der Waals surface area contributed by atoms with Crippen LogP contribution in [0.5, 0.6) is 0 Å². The van der Waals surface area contributed by atoms with E-state index in [0.717, 1.165) is 36.8 Å². The van der Waals surface area contributed by atoms with Crippen LogP contribution in [0.4, 0.5) is 16.2 Å². The number of hydrogen-bond donors (Lipinski definition) is 2. The van der Waals surface area contributed by atoms with Gasteiger partial charge in [-0.1, -0.05) is 30.7 Å². The summed E-state index contributed by atoms with van der Waals surface area (Å²) in [5.41, 5.74) is 2.82. The van der Waals surface area contributed by atoms with Crippen molar-refractivity contribution in [3.05, 3.63) is 66.5 Å². The molecule has 1 aromatic heterocycles. The fourth-order valence-corrected chi connectivity index (χ4v) is 4.28. The normalized spacial score (nSPS) is 14.0. The first-order valence-electron chi connectivity index (χ1n) is 10.8. The number of imidazole rings is 1. The maximum atomic E-state index is 12.8. The molecule has 32 heavy (non-hydrogen) atoms. The number of amides is 3. The fourth-order valence-electron chi connectivity index (χ4n) is 3.75. The van der Waals surface area contributed by atoms with Crippen molar-refractivity contribution in [1.82, 2.24) is 14.5 Å². The number of thioether (sulfide) groups is 1. The third kappa shape index (κ3) is 5.31. The van der Waals surface area contributed by atoms with Gasteiger partial charge in [-0.25, -0.2) is 9.78 Å². The highest BCUT2D eigenvalue weighted by Gasteiger charge is 2.15. The van der Waals surface area contributed by atoms with Gasteiger partial charge in [0.25, 0.3) is 5.91 Å². The van der Waals surface area contributed by atoms with Gasteiger partial charge >= 0.3 is 6.03 Å². The third-order valence-electron chi connectivity index (χ3n) is 5.46. The number of likely N-dealkylation sites (tertiary alicyclic amines) is 1. The number of aromatic nitrogens is 2. The molecule has 0 unspecified atom stereocenters. The molecule has 1 saturated heterocycles. The minimum absolute atomic E-state index is 0.0652. The van der Waals surface area contributed by atoms with E-state index in [0.29, 0.717) is 16.9 Å². The first-order chi connectivity index (χ1) is 15.6.